The molecular formula is C12H14Cl2N2O2. The van der Waals surface area contributed by atoms with Gasteiger partial charge in [-0.25, -0.2) is 0 Å². The van der Waals surface area contributed by atoms with E-state index in [1.54, 1.807) is 12.1 Å². The van der Waals surface area contributed by atoms with Crippen molar-refractivity contribution in [1.29, 1.82) is 0 Å². The third-order valence-corrected chi connectivity index (χ3v) is 4.01. The number of benzene rings is 1. The first-order valence-electron chi connectivity index (χ1n) is 5.56. The lowest BCUT2D eigenvalue weighted by atomic mass is 10.1. The lowest BCUT2D eigenvalue weighted by Gasteiger charge is -2.16. The Kier molecular flexibility index (Phi) is 3.71. The number of carbonyl (C=O) groups excluding carboxylic acids is 1. The number of hydrogen-bond donors (Lipinski definition) is 2. The summed E-state index contributed by atoms with van der Waals surface area (Å²) in [7, 11) is 1.38. The molecule has 1 aliphatic carbocycles. The molecule has 1 saturated carbocycles. The predicted octanol–water partition coefficient (Wildman–Crippen LogP) is 2.37. The highest BCUT2D eigenvalue weighted by atomic mass is 35.5. The number of methoxy groups -OCH3 is 1. The van der Waals surface area contributed by atoms with Gasteiger partial charge < -0.3 is 10.5 Å². The SMILES string of the molecule is COC(=O)C1(NCc2c(N)ccc(Cl)c2Cl)CC1. The molecule has 4 nitrogen and oxygen atoms in total. The molecule has 3 N–H and O–H groups in total. The first kappa shape index (κ1) is 13.5. The number of anilines is 1. The Balaban J connectivity index is 2.12. The van der Waals surface area contributed by atoms with Crippen LogP contribution in [-0.4, -0.2) is 18.6 Å². The fraction of sp³-hybridized carbons (Fsp3) is 0.417. The van der Waals surface area contributed by atoms with Gasteiger partial charge in [0.2, 0.25) is 0 Å². The first-order valence-corrected chi connectivity index (χ1v) is 6.31. The number of nitrogens with one attached hydrogen (secondary N) is 1. The Morgan fingerprint density at radius 1 is 1.50 bits per heavy atom. The molecule has 0 radical (unpaired) electrons. The van der Waals surface area contributed by atoms with Gasteiger partial charge in [-0.3, -0.25) is 10.1 Å². The molecule has 18 heavy (non-hydrogen) atoms. The Bertz CT molecular complexity index is 487. The molecule has 1 aromatic rings. The fourth-order valence-electron chi connectivity index (χ4n) is 1.82. The van der Waals surface area contributed by atoms with E-state index in [-0.39, 0.29) is 5.97 Å². The minimum absolute atomic E-state index is 0.251. The number of esters is 1. The van der Waals surface area contributed by atoms with Crippen molar-refractivity contribution in [2.24, 2.45) is 0 Å². The standard InChI is InChI=1S/C12H14Cl2N2O2/c1-18-11(17)12(4-5-12)16-6-7-9(15)3-2-8(13)10(7)14/h2-3,16H,4-6,15H2,1H3. The zero-order valence-electron chi connectivity index (χ0n) is 9.93. The second-order valence-electron chi connectivity index (χ2n) is 4.36. The largest absolute Gasteiger partial charge is 0.468 e. The normalized spacial score (nSPS) is 16.4. The van der Waals surface area contributed by atoms with Crippen LogP contribution in [0.5, 0.6) is 0 Å². The summed E-state index contributed by atoms with van der Waals surface area (Å²) in [5.41, 5.74) is 6.53. The van der Waals surface area contributed by atoms with Gasteiger partial charge in [0, 0.05) is 17.8 Å². The summed E-state index contributed by atoms with van der Waals surface area (Å²) in [5, 5.41) is 4.02. The summed E-state index contributed by atoms with van der Waals surface area (Å²) < 4.78 is 4.76. The minimum Gasteiger partial charge on any atom is -0.468 e. The first-order chi connectivity index (χ1) is 8.50. The van der Waals surface area contributed by atoms with Crippen molar-refractivity contribution >= 4 is 34.9 Å². The highest BCUT2D eigenvalue weighted by molar-refractivity contribution is 6.42. The molecule has 1 aromatic carbocycles. The van der Waals surface area contributed by atoms with Crippen LogP contribution in [0.3, 0.4) is 0 Å². The second-order valence-corrected chi connectivity index (χ2v) is 5.14. The maximum Gasteiger partial charge on any atom is 0.326 e. The van der Waals surface area contributed by atoms with Crippen LogP contribution in [0.25, 0.3) is 0 Å². The Morgan fingerprint density at radius 3 is 2.72 bits per heavy atom. The van der Waals surface area contributed by atoms with Crippen LogP contribution in [-0.2, 0) is 16.1 Å². The van der Waals surface area contributed by atoms with Crippen LogP contribution in [0.15, 0.2) is 12.1 Å². The maximum absolute atomic E-state index is 11.6. The van der Waals surface area contributed by atoms with Gasteiger partial charge in [0.05, 0.1) is 17.2 Å². The lowest BCUT2D eigenvalue weighted by Crippen LogP contribution is -2.39. The van der Waals surface area contributed by atoms with Gasteiger partial charge in [0.25, 0.3) is 0 Å². The predicted molar refractivity (Wildman–Crippen MR) is 71.7 cm³/mol. The summed E-state index contributed by atoms with van der Waals surface area (Å²) in [4.78, 5) is 11.6. The molecule has 0 aromatic heterocycles. The molecule has 0 unspecified atom stereocenters. The molecule has 0 saturated heterocycles. The number of halogens is 2. The van der Waals surface area contributed by atoms with Crippen molar-refractivity contribution in [1.82, 2.24) is 5.32 Å². The van der Waals surface area contributed by atoms with Gasteiger partial charge in [-0.15, -0.1) is 0 Å². The van der Waals surface area contributed by atoms with E-state index in [0.717, 1.165) is 12.8 Å². The smallest absolute Gasteiger partial charge is 0.326 e. The Labute approximate surface area is 115 Å². The molecule has 1 fully saturated rings. The van der Waals surface area contributed by atoms with Crippen LogP contribution >= 0.6 is 23.2 Å². The number of carbonyl (C=O) groups is 1. The monoisotopic (exact) mass is 288 g/mol. The zero-order valence-corrected chi connectivity index (χ0v) is 11.4. The highest BCUT2D eigenvalue weighted by Gasteiger charge is 2.50. The Morgan fingerprint density at radius 2 is 2.17 bits per heavy atom. The van der Waals surface area contributed by atoms with Crippen molar-refractivity contribution in [2.75, 3.05) is 12.8 Å². The zero-order chi connectivity index (χ0) is 13.3. The van der Waals surface area contributed by atoms with Crippen molar-refractivity contribution < 1.29 is 9.53 Å². The highest BCUT2D eigenvalue weighted by Crippen LogP contribution is 2.38. The van der Waals surface area contributed by atoms with Gasteiger partial charge in [-0.2, -0.15) is 0 Å². The molecule has 0 spiro atoms. The fourth-order valence-corrected chi connectivity index (χ4v) is 2.23. The molecule has 6 heteroatoms. The van der Waals surface area contributed by atoms with Crippen LogP contribution in [0, 0.1) is 0 Å². The van der Waals surface area contributed by atoms with Gasteiger partial charge >= 0.3 is 5.97 Å². The Hall–Kier alpha value is -0.970. The number of hydrogen-bond acceptors (Lipinski definition) is 4. The number of ether oxygens (including phenoxy) is 1. The average Bonchev–Trinajstić information content (AvgIpc) is 3.14. The summed E-state index contributed by atoms with van der Waals surface area (Å²) >= 11 is 12.0. The maximum atomic E-state index is 11.6. The number of rotatable bonds is 4. The van der Waals surface area contributed by atoms with Gasteiger partial charge in [0.1, 0.15) is 5.54 Å². The molecule has 0 aliphatic heterocycles. The molecule has 98 valence electrons. The van der Waals surface area contributed by atoms with E-state index >= 15 is 0 Å². The van der Waals surface area contributed by atoms with Gasteiger partial charge in [-0.05, 0) is 25.0 Å². The van der Waals surface area contributed by atoms with Crippen molar-refractivity contribution in [3.8, 4) is 0 Å². The van der Waals surface area contributed by atoms with E-state index in [2.05, 4.69) is 5.32 Å². The topological polar surface area (TPSA) is 64.3 Å². The van der Waals surface area contributed by atoms with E-state index in [1.807, 2.05) is 0 Å². The van der Waals surface area contributed by atoms with E-state index < -0.39 is 5.54 Å². The summed E-state index contributed by atoms with van der Waals surface area (Å²) in [6.45, 7) is 0.389. The van der Waals surface area contributed by atoms with Gasteiger partial charge in [-0.1, -0.05) is 23.2 Å². The molecule has 0 amide bonds. The van der Waals surface area contributed by atoms with E-state index in [4.69, 9.17) is 33.7 Å². The van der Waals surface area contributed by atoms with Gasteiger partial charge in [0.15, 0.2) is 0 Å². The van der Waals surface area contributed by atoms with E-state index in [0.29, 0.717) is 27.8 Å². The summed E-state index contributed by atoms with van der Waals surface area (Å²) in [6.07, 6.45) is 1.52. The van der Waals surface area contributed by atoms with Crippen molar-refractivity contribution in [3.63, 3.8) is 0 Å². The van der Waals surface area contributed by atoms with Crippen LogP contribution in [0.4, 0.5) is 5.69 Å². The van der Waals surface area contributed by atoms with E-state index in [9.17, 15) is 4.79 Å². The molecule has 1 aliphatic rings. The van der Waals surface area contributed by atoms with Crippen molar-refractivity contribution in [2.45, 2.75) is 24.9 Å². The molecule has 0 bridgehead atoms. The molecule has 2 rings (SSSR count). The quantitative estimate of drug-likeness (QED) is 0.660. The van der Waals surface area contributed by atoms with Crippen LogP contribution in [0.2, 0.25) is 10.0 Å². The lowest BCUT2D eigenvalue weighted by molar-refractivity contribution is -0.144. The van der Waals surface area contributed by atoms with Crippen LogP contribution < -0.4 is 11.1 Å². The third kappa shape index (κ3) is 2.41. The number of nitrogens with two attached hydrogens (primary N) is 1. The molecule has 0 heterocycles. The molecule has 0 atom stereocenters. The van der Waals surface area contributed by atoms with E-state index in [1.165, 1.54) is 7.11 Å². The van der Waals surface area contributed by atoms with Crippen LogP contribution in [0.1, 0.15) is 18.4 Å². The number of nitrogen functional groups attached to an aromatic ring is 1. The summed E-state index contributed by atoms with van der Waals surface area (Å²) in [5.74, 6) is -0.251. The second kappa shape index (κ2) is 4.96. The molecular weight excluding hydrogens is 275 g/mol. The summed E-state index contributed by atoms with van der Waals surface area (Å²) in [6, 6.07) is 3.35. The third-order valence-electron chi connectivity index (χ3n) is 3.16. The van der Waals surface area contributed by atoms with Crippen molar-refractivity contribution in [3.05, 3.63) is 27.7 Å². The average molecular weight is 289 g/mol. The minimum atomic E-state index is -0.577.